The lowest BCUT2D eigenvalue weighted by molar-refractivity contribution is 0.0926. The predicted molar refractivity (Wildman–Crippen MR) is 104 cm³/mol. The second-order valence-corrected chi connectivity index (χ2v) is 6.48. The highest BCUT2D eigenvalue weighted by molar-refractivity contribution is 6.09. The van der Waals surface area contributed by atoms with Gasteiger partial charge >= 0.3 is 0 Å². The molecular weight excluding hydrogens is 341 g/mol. The Kier molecular flexibility index (Phi) is 4.47. The van der Waals surface area contributed by atoms with Gasteiger partial charge in [0.25, 0.3) is 5.91 Å². The first kappa shape index (κ1) is 17.0. The zero-order valence-corrected chi connectivity index (χ0v) is 14.8. The molecule has 3 nitrogen and oxygen atoms in total. The molecule has 1 amide bonds. The monoisotopic (exact) mass is 359 g/mol. The van der Waals surface area contributed by atoms with Crippen LogP contribution in [0.25, 0.3) is 22.1 Å². The molecular formula is C23H18FNO2. The fraction of sp³-hybridized carbons (Fsp3) is 0.0870. The topological polar surface area (TPSA) is 42.2 Å². The lowest BCUT2D eigenvalue weighted by Crippen LogP contribution is -2.22. The third-order valence-corrected chi connectivity index (χ3v) is 4.48. The molecule has 1 N–H and O–H groups in total. The molecule has 0 fully saturated rings. The lowest BCUT2D eigenvalue weighted by atomic mass is 10.0. The Labute approximate surface area is 156 Å². The van der Waals surface area contributed by atoms with Gasteiger partial charge in [0.2, 0.25) is 0 Å². The Morgan fingerprint density at radius 1 is 0.963 bits per heavy atom. The van der Waals surface area contributed by atoms with Crippen LogP contribution in [0, 0.1) is 12.7 Å². The summed E-state index contributed by atoms with van der Waals surface area (Å²) in [6.07, 6.45) is 0. The molecule has 0 atom stereocenters. The Morgan fingerprint density at radius 2 is 1.70 bits per heavy atom. The molecule has 0 aliphatic rings. The number of nitrogens with one attached hydrogen (secondary N) is 1. The number of hydrogen-bond donors (Lipinski definition) is 1. The normalized spacial score (nSPS) is 10.9. The van der Waals surface area contributed by atoms with E-state index in [0.717, 1.165) is 27.5 Å². The van der Waals surface area contributed by atoms with Crippen molar-refractivity contribution in [1.29, 1.82) is 0 Å². The van der Waals surface area contributed by atoms with Gasteiger partial charge in [0.05, 0.1) is 0 Å². The van der Waals surface area contributed by atoms with Crippen LogP contribution in [0.4, 0.5) is 4.39 Å². The van der Waals surface area contributed by atoms with Crippen molar-refractivity contribution >= 4 is 16.7 Å². The first-order valence-electron chi connectivity index (χ1n) is 8.73. The van der Waals surface area contributed by atoms with E-state index in [2.05, 4.69) is 5.32 Å². The van der Waals surface area contributed by atoms with Gasteiger partial charge in [0.1, 0.15) is 11.6 Å². The number of furan rings is 1. The highest BCUT2D eigenvalue weighted by atomic mass is 19.1. The van der Waals surface area contributed by atoms with Crippen molar-refractivity contribution in [2.75, 3.05) is 0 Å². The zero-order valence-electron chi connectivity index (χ0n) is 14.8. The van der Waals surface area contributed by atoms with Gasteiger partial charge in [-0.25, -0.2) is 4.39 Å². The summed E-state index contributed by atoms with van der Waals surface area (Å²) in [5.74, 6) is 0.242. The molecule has 0 bridgehead atoms. The van der Waals surface area contributed by atoms with Crippen LogP contribution < -0.4 is 5.32 Å². The number of hydrogen-bond acceptors (Lipinski definition) is 2. The molecule has 4 aromatic rings. The van der Waals surface area contributed by atoms with Crippen LogP contribution in [-0.2, 0) is 6.54 Å². The molecule has 0 radical (unpaired) electrons. The molecule has 1 aromatic heterocycles. The summed E-state index contributed by atoms with van der Waals surface area (Å²) in [5.41, 5.74) is 2.80. The minimum Gasteiger partial charge on any atom is -0.450 e. The summed E-state index contributed by atoms with van der Waals surface area (Å²) in [6.45, 7) is 2.40. The minimum atomic E-state index is -0.313. The quantitative estimate of drug-likeness (QED) is 0.524. The average Bonchev–Trinajstić information content (AvgIpc) is 3.06. The van der Waals surface area contributed by atoms with Gasteiger partial charge in [-0.2, -0.15) is 0 Å². The van der Waals surface area contributed by atoms with E-state index in [1.54, 1.807) is 12.1 Å². The molecule has 0 aliphatic carbocycles. The van der Waals surface area contributed by atoms with E-state index < -0.39 is 0 Å². The Morgan fingerprint density at radius 3 is 2.44 bits per heavy atom. The van der Waals surface area contributed by atoms with Gasteiger partial charge in [-0.3, -0.25) is 4.79 Å². The summed E-state index contributed by atoms with van der Waals surface area (Å²) in [4.78, 5) is 12.8. The predicted octanol–water partition coefficient (Wildman–Crippen LogP) is 5.48. The number of fused-ring (bicyclic) bond motifs is 1. The number of halogens is 1. The van der Waals surface area contributed by atoms with Crippen LogP contribution in [0.15, 0.2) is 77.2 Å². The maximum absolute atomic E-state index is 13.3. The molecule has 4 rings (SSSR count). The summed E-state index contributed by atoms with van der Waals surface area (Å²) in [6, 6.07) is 21.6. The number of amides is 1. The second-order valence-electron chi connectivity index (χ2n) is 6.48. The van der Waals surface area contributed by atoms with Gasteiger partial charge in [0, 0.05) is 22.9 Å². The summed E-state index contributed by atoms with van der Waals surface area (Å²) in [5, 5.41) is 4.48. The van der Waals surface area contributed by atoms with Crippen molar-refractivity contribution in [1.82, 2.24) is 5.32 Å². The zero-order chi connectivity index (χ0) is 18.8. The molecule has 4 heteroatoms. The third kappa shape index (κ3) is 3.47. The maximum Gasteiger partial charge on any atom is 0.287 e. The molecule has 27 heavy (non-hydrogen) atoms. The standard InChI is InChI=1S/C23H18FNO2/c1-15-7-12-19-20(13-15)21(17-8-10-18(24)11-9-17)27-22(19)23(26)25-14-16-5-3-2-4-6-16/h2-13H,14H2,1H3,(H,25,26). The number of benzene rings is 3. The van der Waals surface area contributed by atoms with E-state index in [1.165, 1.54) is 12.1 Å². The van der Waals surface area contributed by atoms with Gasteiger partial charge < -0.3 is 9.73 Å². The summed E-state index contributed by atoms with van der Waals surface area (Å²) in [7, 11) is 0. The van der Waals surface area contributed by atoms with Crippen molar-refractivity contribution in [3.63, 3.8) is 0 Å². The molecule has 1 heterocycles. The van der Waals surface area contributed by atoms with Crippen molar-refractivity contribution in [3.8, 4) is 11.3 Å². The number of rotatable bonds is 4. The van der Waals surface area contributed by atoms with Crippen molar-refractivity contribution in [2.24, 2.45) is 0 Å². The van der Waals surface area contributed by atoms with Gasteiger partial charge in [-0.15, -0.1) is 0 Å². The maximum atomic E-state index is 13.3. The van der Waals surface area contributed by atoms with E-state index in [9.17, 15) is 9.18 Å². The molecule has 0 spiro atoms. The minimum absolute atomic E-state index is 0.264. The molecule has 0 saturated heterocycles. The van der Waals surface area contributed by atoms with Gasteiger partial charge in [0.15, 0.2) is 5.76 Å². The van der Waals surface area contributed by atoms with Crippen LogP contribution >= 0.6 is 0 Å². The number of carbonyl (C=O) groups is 1. The largest absolute Gasteiger partial charge is 0.450 e. The number of aryl methyl sites for hydroxylation is 1. The second kappa shape index (κ2) is 7.08. The van der Waals surface area contributed by atoms with Gasteiger partial charge in [-0.05, 0) is 42.8 Å². The summed E-state index contributed by atoms with van der Waals surface area (Å²) < 4.78 is 19.2. The van der Waals surface area contributed by atoms with Crippen LogP contribution in [0.2, 0.25) is 0 Å². The van der Waals surface area contributed by atoms with Crippen molar-refractivity contribution in [3.05, 3.63) is 95.5 Å². The molecule has 3 aromatic carbocycles. The molecule has 0 saturated carbocycles. The lowest BCUT2D eigenvalue weighted by Gasteiger charge is -2.03. The first-order chi connectivity index (χ1) is 13.1. The molecule has 0 aliphatic heterocycles. The van der Waals surface area contributed by atoms with Crippen LogP contribution in [0.1, 0.15) is 21.7 Å². The van der Waals surface area contributed by atoms with E-state index >= 15 is 0 Å². The summed E-state index contributed by atoms with van der Waals surface area (Å²) >= 11 is 0. The highest BCUT2D eigenvalue weighted by Gasteiger charge is 2.20. The van der Waals surface area contributed by atoms with E-state index in [4.69, 9.17) is 4.42 Å². The highest BCUT2D eigenvalue weighted by Crippen LogP contribution is 2.34. The first-order valence-corrected chi connectivity index (χ1v) is 8.73. The van der Waals surface area contributed by atoms with Crippen LogP contribution in [-0.4, -0.2) is 5.91 Å². The van der Waals surface area contributed by atoms with Crippen LogP contribution in [0.3, 0.4) is 0 Å². The Bertz CT molecular complexity index is 1100. The molecule has 134 valence electrons. The average molecular weight is 359 g/mol. The Balaban J connectivity index is 1.72. The van der Waals surface area contributed by atoms with Gasteiger partial charge in [-0.1, -0.05) is 48.0 Å². The third-order valence-electron chi connectivity index (χ3n) is 4.48. The van der Waals surface area contributed by atoms with Crippen molar-refractivity contribution < 1.29 is 13.6 Å². The number of carbonyl (C=O) groups excluding carboxylic acids is 1. The molecule has 0 unspecified atom stereocenters. The Hall–Kier alpha value is -3.40. The van der Waals surface area contributed by atoms with E-state index in [0.29, 0.717) is 12.3 Å². The smallest absolute Gasteiger partial charge is 0.287 e. The van der Waals surface area contributed by atoms with E-state index in [1.807, 2.05) is 55.5 Å². The van der Waals surface area contributed by atoms with Crippen LogP contribution in [0.5, 0.6) is 0 Å². The van der Waals surface area contributed by atoms with Crippen molar-refractivity contribution in [2.45, 2.75) is 13.5 Å². The fourth-order valence-corrected chi connectivity index (χ4v) is 3.10. The SMILES string of the molecule is Cc1ccc2c(C(=O)NCc3ccccc3)oc(-c3ccc(F)cc3)c2c1. The fourth-order valence-electron chi connectivity index (χ4n) is 3.10. The van der Waals surface area contributed by atoms with E-state index in [-0.39, 0.29) is 17.5 Å².